The number of aliphatic imine (C=N–C) groups is 1. The number of nitrogens with two attached hydrogens (primary N) is 1. The van der Waals surface area contributed by atoms with Crippen LogP contribution in [0, 0.1) is 11.8 Å². The second kappa shape index (κ2) is 4.33. The lowest BCUT2D eigenvalue weighted by atomic mass is 10.1. The summed E-state index contributed by atoms with van der Waals surface area (Å²) in [6.45, 7) is 6.00. The Morgan fingerprint density at radius 2 is 2.33 bits per heavy atom. The summed E-state index contributed by atoms with van der Waals surface area (Å²) in [4.78, 5) is 4.26. The topological polar surface area (TPSA) is 50.4 Å². The third-order valence-electron chi connectivity index (χ3n) is 2.33. The molecule has 1 unspecified atom stereocenters. The van der Waals surface area contributed by atoms with E-state index >= 15 is 0 Å². The fraction of sp³-hybridized carbons (Fsp3) is 0.889. The standard InChI is InChI=1S/C9H19N3/c1-3-11-9(10)12-6-7(2)8-4-5-8/h7-8H,3-6H2,1-2H3,(H3,10,11,12). The number of hydrogen-bond acceptors (Lipinski definition) is 1. The molecule has 0 spiro atoms. The first-order valence-corrected chi connectivity index (χ1v) is 4.77. The Kier molecular flexibility index (Phi) is 3.38. The summed E-state index contributed by atoms with van der Waals surface area (Å²) in [7, 11) is 0. The highest BCUT2D eigenvalue weighted by molar-refractivity contribution is 5.77. The Morgan fingerprint density at radius 3 is 2.83 bits per heavy atom. The second-order valence-corrected chi connectivity index (χ2v) is 3.57. The van der Waals surface area contributed by atoms with Crippen LogP contribution in [0.4, 0.5) is 0 Å². The zero-order valence-corrected chi connectivity index (χ0v) is 8.01. The normalized spacial score (nSPS) is 20.7. The van der Waals surface area contributed by atoms with Crippen LogP contribution in [0.2, 0.25) is 0 Å². The largest absolute Gasteiger partial charge is 0.370 e. The fourth-order valence-corrected chi connectivity index (χ4v) is 1.29. The SMILES string of the molecule is CCNC(N)=NCC(C)C1CC1. The molecule has 0 aromatic carbocycles. The molecule has 0 bridgehead atoms. The Bertz CT molecular complexity index is 161. The molecule has 0 radical (unpaired) electrons. The molecule has 1 rings (SSSR count). The van der Waals surface area contributed by atoms with Crippen LogP contribution in [-0.2, 0) is 0 Å². The van der Waals surface area contributed by atoms with Crippen molar-refractivity contribution in [1.29, 1.82) is 0 Å². The zero-order valence-electron chi connectivity index (χ0n) is 8.01. The number of guanidine groups is 1. The lowest BCUT2D eigenvalue weighted by Gasteiger charge is -2.06. The van der Waals surface area contributed by atoms with Gasteiger partial charge >= 0.3 is 0 Å². The highest BCUT2D eigenvalue weighted by atomic mass is 15.1. The van der Waals surface area contributed by atoms with Gasteiger partial charge in [-0.25, -0.2) is 0 Å². The minimum atomic E-state index is 0.588. The second-order valence-electron chi connectivity index (χ2n) is 3.57. The van der Waals surface area contributed by atoms with Crippen LogP contribution in [0.1, 0.15) is 26.7 Å². The number of nitrogens with zero attached hydrogens (tertiary/aromatic N) is 1. The molecule has 12 heavy (non-hydrogen) atoms. The van der Waals surface area contributed by atoms with E-state index in [9.17, 15) is 0 Å². The summed E-state index contributed by atoms with van der Waals surface area (Å²) in [5, 5.41) is 2.99. The van der Waals surface area contributed by atoms with Gasteiger partial charge in [-0.2, -0.15) is 0 Å². The third kappa shape index (κ3) is 3.11. The highest BCUT2D eigenvalue weighted by Gasteiger charge is 2.27. The minimum absolute atomic E-state index is 0.588. The first-order chi connectivity index (χ1) is 5.74. The summed E-state index contributed by atoms with van der Waals surface area (Å²) >= 11 is 0. The summed E-state index contributed by atoms with van der Waals surface area (Å²) in [6, 6.07) is 0. The van der Waals surface area contributed by atoms with Crippen LogP contribution < -0.4 is 11.1 Å². The van der Waals surface area contributed by atoms with E-state index < -0.39 is 0 Å². The number of rotatable bonds is 4. The zero-order chi connectivity index (χ0) is 8.97. The molecule has 1 saturated carbocycles. The predicted octanol–water partition coefficient (Wildman–Crippen LogP) is 0.957. The molecule has 1 atom stereocenters. The maximum Gasteiger partial charge on any atom is 0.188 e. The molecule has 70 valence electrons. The minimum Gasteiger partial charge on any atom is -0.370 e. The summed E-state index contributed by atoms with van der Waals surface area (Å²) in [6.07, 6.45) is 2.77. The maximum absolute atomic E-state index is 5.59. The number of nitrogens with one attached hydrogen (secondary N) is 1. The van der Waals surface area contributed by atoms with E-state index in [1.54, 1.807) is 0 Å². The van der Waals surface area contributed by atoms with Crippen LogP contribution in [0.3, 0.4) is 0 Å². The highest BCUT2D eigenvalue weighted by Crippen LogP contribution is 2.36. The molecule has 1 aliphatic rings. The van der Waals surface area contributed by atoms with E-state index in [1.807, 2.05) is 6.92 Å². The van der Waals surface area contributed by atoms with E-state index in [4.69, 9.17) is 5.73 Å². The van der Waals surface area contributed by atoms with Gasteiger partial charge in [0.2, 0.25) is 0 Å². The maximum atomic E-state index is 5.59. The van der Waals surface area contributed by atoms with E-state index in [0.29, 0.717) is 11.9 Å². The van der Waals surface area contributed by atoms with Gasteiger partial charge in [0.15, 0.2) is 5.96 Å². The summed E-state index contributed by atoms with van der Waals surface area (Å²) < 4.78 is 0. The van der Waals surface area contributed by atoms with Gasteiger partial charge in [-0.3, -0.25) is 4.99 Å². The average Bonchev–Trinajstić information content (AvgIpc) is 2.83. The van der Waals surface area contributed by atoms with Gasteiger partial charge < -0.3 is 11.1 Å². The predicted molar refractivity (Wildman–Crippen MR) is 52.1 cm³/mol. The number of hydrogen-bond donors (Lipinski definition) is 2. The van der Waals surface area contributed by atoms with Gasteiger partial charge in [0.05, 0.1) is 0 Å². The van der Waals surface area contributed by atoms with Crippen molar-refractivity contribution < 1.29 is 0 Å². The molecule has 3 nitrogen and oxygen atoms in total. The van der Waals surface area contributed by atoms with Crippen molar-refractivity contribution in [2.24, 2.45) is 22.6 Å². The fourth-order valence-electron chi connectivity index (χ4n) is 1.29. The molecule has 0 aliphatic heterocycles. The Balaban J connectivity index is 2.16. The molecule has 0 heterocycles. The van der Waals surface area contributed by atoms with Gasteiger partial charge in [-0.05, 0) is 31.6 Å². The molecule has 0 amide bonds. The molecular formula is C9H19N3. The van der Waals surface area contributed by atoms with Crippen molar-refractivity contribution >= 4 is 5.96 Å². The van der Waals surface area contributed by atoms with E-state index in [1.165, 1.54) is 12.8 Å². The van der Waals surface area contributed by atoms with Gasteiger partial charge in [0.1, 0.15) is 0 Å². The van der Waals surface area contributed by atoms with E-state index in [0.717, 1.165) is 19.0 Å². The van der Waals surface area contributed by atoms with E-state index in [-0.39, 0.29) is 0 Å². The van der Waals surface area contributed by atoms with Gasteiger partial charge in [0, 0.05) is 13.1 Å². The van der Waals surface area contributed by atoms with E-state index in [2.05, 4.69) is 17.2 Å². The lowest BCUT2D eigenvalue weighted by Crippen LogP contribution is -2.31. The van der Waals surface area contributed by atoms with Gasteiger partial charge in [-0.1, -0.05) is 6.92 Å². The molecule has 3 N–H and O–H groups in total. The van der Waals surface area contributed by atoms with Gasteiger partial charge in [-0.15, -0.1) is 0 Å². The summed E-state index contributed by atoms with van der Waals surface area (Å²) in [5.74, 6) is 2.22. The quantitative estimate of drug-likeness (QED) is 0.486. The third-order valence-corrected chi connectivity index (χ3v) is 2.33. The first kappa shape index (κ1) is 9.36. The van der Waals surface area contributed by atoms with Crippen molar-refractivity contribution in [2.75, 3.05) is 13.1 Å². The molecular weight excluding hydrogens is 150 g/mol. The monoisotopic (exact) mass is 169 g/mol. The van der Waals surface area contributed by atoms with Crippen LogP contribution in [0.5, 0.6) is 0 Å². The van der Waals surface area contributed by atoms with Crippen LogP contribution in [-0.4, -0.2) is 19.0 Å². The Morgan fingerprint density at radius 1 is 1.67 bits per heavy atom. The van der Waals surface area contributed by atoms with Crippen LogP contribution >= 0.6 is 0 Å². The average molecular weight is 169 g/mol. The molecule has 3 heteroatoms. The first-order valence-electron chi connectivity index (χ1n) is 4.77. The smallest absolute Gasteiger partial charge is 0.188 e. The Labute approximate surface area is 74.4 Å². The molecule has 0 aromatic rings. The Hall–Kier alpha value is -0.730. The van der Waals surface area contributed by atoms with Crippen LogP contribution in [0.15, 0.2) is 4.99 Å². The van der Waals surface area contributed by atoms with Gasteiger partial charge in [0.25, 0.3) is 0 Å². The van der Waals surface area contributed by atoms with Crippen LogP contribution in [0.25, 0.3) is 0 Å². The molecule has 1 aliphatic carbocycles. The molecule has 1 fully saturated rings. The van der Waals surface area contributed by atoms with Crippen molar-refractivity contribution in [3.63, 3.8) is 0 Å². The molecule has 0 saturated heterocycles. The molecule has 0 aromatic heterocycles. The van der Waals surface area contributed by atoms with Crippen molar-refractivity contribution in [3.05, 3.63) is 0 Å². The van der Waals surface area contributed by atoms with Crippen molar-refractivity contribution in [2.45, 2.75) is 26.7 Å². The summed E-state index contributed by atoms with van der Waals surface area (Å²) in [5.41, 5.74) is 5.59. The lowest BCUT2D eigenvalue weighted by molar-refractivity contribution is 0.521. The van der Waals surface area contributed by atoms with Crippen molar-refractivity contribution in [1.82, 2.24) is 5.32 Å². The van der Waals surface area contributed by atoms with Crippen molar-refractivity contribution in [3.8, 4) is 0 Å².